The lowest BCUT2D eigenvalue weighted by Crippen LogP contribution is -2.53. The number of hydrogen-bond donors (Lipinski definition) is 1. The van der Waals surface area contributed by atoms with Crippen LogP contribution in [-0.2, 0) is 0 Å². The van der Waals surface area contributed by atoms with Gasteiger partial charge in [-0.3, -0.25) is 9.69 Å². The molecule has 1 amide bonds. The molecule has 2 aromatic heterocycles. The van der Waals surface area contributed by atoms with Gasteiger partial charge in [-0.25, -0.2) is 9.97 Å². The van der Waals surface area contributed by atoms with Crippen LogP contribution in [0.3, 0.4) is 0 Å². The van der Waals surface area contributed by atoms with Gasteiger partial charge in [-0.05, 0) is 37.2 Å². The molecule has 6 heteroatoms. The molecule has 0 spiro atoms. The molecule has 2 aliphatic carbocycles. The van der Waals surface area contributed by atoms with Gasteiger partial charge in [-0.2, -0.15) is 0 Å². The van der Waals surface area contributed by atoms with E-state index >= 15 is 0 Å². The molecule has 126 valence electrons. The molecule has 1 saturated heterocycles. The third-order valence-electron chi connectivity index (χ3n) is 6.33. The highest BCUT2D eigenvalue weighted by molar-refractivity contribution is 6.03. The van der Waals surface area contributed by atoms with Gasteiger partial charge in [0.25, 0.3) is 5.91 Å². The summed E-state index contributed by atoms with van der Waals surface area (Å²) in [6.07, 6.45) is 8.96. The summed E-state index contributed by atoms with van der Waals surface area (Å²) in [6, 6.07) is 2.66. The molecule has 5 rings (SSSR count). The number of fused-ring (bicyclic) bond motifs is 3. The van der Waals surface area contributed by atoms with Crippen molar-refractivity contribution < 1.29 is 4.79 Å². The van der Waals surface area contributed by atoms with Crippen LogP contribution in [-0.4, -0.2) is 62.9 Å². The van der Waals surface area contributed by atoms with Crippen molar-refractivity contribution in [2.24, 2.45) is 11.8 Å². The first-order valence-electron chi connectivity index (χ1n) is 9.11. The number of aromatic amines is 1. The molecular formula is C18H23N5O. The van der Waals surface area contributed by atoms with E-state index in [0.29, 0.717) is 5.69 Å². The standard InChI is InChI=1S/C18H23N5O/c24-18(16-14-3-4-19-17(14)21-11-20-16)23-7-5-22(6-8-23)15-10-12-1-2-13(15)9-12/h3-4,11-13,15H,1-2,5-10H2,(H,19,20,21)/t12-,13+,15-/m1/s1. The van der Waals surface area contributed by atoms with Crippen LogP contribution < -0.4 is 0 Å². The van der Waals surface area contributed by atoms with Crippen molar-refractivity contribution >= 4 is 16.9 Å². The summed E-state index contributed by atoms with van der Waals surface area (Å²) in [5, 5.41) is 0.818. The Kier molecular flexibility index (Phi) is 3.33. The average molecular weight is 325 g/mol. The lowest BCUT2D eigenvalue weighted by molar-refractivity contribution is 0.0493. The Labute approximate surface area is 141 Å². The van der Waals surface area contributed by atoms with Crippen molar-refractivity contribution in [2.45, 2.75) is 31.7 Å². The molecule has 2 saturated carbocycles. The van der Waals surface area contributed by atoms with E-state index in [-0.39, 0.29) is 5.91 Å². The van der Waals surface area contributed by atoms with E-state index < -0.39 is 0 Å². The lowest BCUT2D eigenvalue weighted by Gasteiger charge is -2.40. The van der Waals surface area contributed by atoms with E-state index in [0.717, 1.165) is 55.1 Å². The molecule has 0 radical (unpaired) electrons. The second-order valence-electron chi connectivity index (χ2n) is 7.53. The molecule has 1 N–H and O–H groups in total. The van der Waals surface area contributed by atoms with E-state index in [1.165, 1.54) is 32.0 Å². The number of H-pyrrole nitrogens is 1. The first-order chi connectivity index (χ1) is 11.8. The molecular weight excluding hydrogens is 302 g/mol. The number of carbonyl (C=O) groups is 1. The van der Waals surface area contributed by atoms with Crippen LogP contribution in [0.15, 0.2) is 18.6 Å². The van der Waals surface area contributed by atoms with E-state index in [1.54, 1.807) is 0 Å². The summed E-state index contributed by atoms with van der Waals surface area (Å²) in [5.74, 6) is 1.93. The van der Waals surface area contributed by atoms with Crippen molar-refractivity contribution in [3.05, 3.63) is 24.3 Å². The zero-order valence-corrected chi connectivity index (χ0v) is 13.8. The smallest absolute Gasteiger partial charge is 0.273 e. The van der Waals surface area contributed by atoms with Crippen molar-refractivity contribution in [1.82, 2.24) is 24.8 Å². The third-order valence-corrected chi connectivity index (χ3v) is 6.33. The maximum Gasteiger partial charge on any atom is 0.273 e. The predicted molar refractivity (Wildman–Crippen MR) is 90.6 cm³/mol. The van der Waals surface area contributed by atoms with E-state index in [2.05, 4.69) is 19.9 Å². The summed E-state index contributed by atoms with van der Waals surface area (Å²) in [7, 11) is 0. The van der Waals surface area contributed by atoms with E-state index in [9.17, 15) is 4.79 Å². The Balaban J connectivity index is 1.28. The first kappa shape index (κ1) is 14.4. The van der Waals surface area contributed by atoms with Gasteiger partial charge in [0, 0.05) is 38.4 Å². The highest BCUT2D eigenvalue weighted by Gasteiger charge is 2.43. The fourth-order valence-electron chi connectivity index (χ4n) is 5.11. The lowest BCUT2D eigenvalue weighted by atomic mass is 9.93. The van der Waals surface area contributed by atoms with Gasteiger partial charge >= 0.3 is 0 Å². The zero-order valence-electron chi connectivity index (χ0n) is 13.8. The molecule has 0 aromatic carbocycles. The monoisotopic (exact) mass is 325 g/mol. The number of hydrogen-bond acceptors (Lipinski definition) is 4. The summed E-state index contributed by atoms with van der Waals surface area (Å²) >= 11 is 0. The minimum atomic E-state index is 0.0367. The number of nitrogens with zero attached hydrogens (tertiary/aromatic N) is 4. The minimum Gasteiger partial charge on any atom is -0.346 e. The molecule has 3 fully saturated rings. The summed E-state index contributed by atoms with van der Waals surface area (Å²) in [5.41, 5.74) is 1.25. The Morgan fingerprint density at radius 2 is 2.00 bits per heavy atom. The van der Waals surface area contributed by atoms with Gasteiger partial charge in [0.05, 0.1) is 5.39 Å². The van der Waals surface area contributed by atoms with Crippen LogP contribution in [0.25, 0.3) is 11.0 Å². The number of rotatable bonds is 2. The predicted octanol–water partition coefficient (Wildman–Crippen LogP) is 1.90. The number of piperazine rings is 1. The maximum absolute atomic E-state index is 12.9. The third kappa shape index (κ3) is 2.24. The Morgan fingerprint density at radius 1 is 1.12 bits per heavy atom. The maximum atomic E-state index is 12.9. The summed E-state index contributed by atoms with van der Waals surface area (Å²) in [6.45, 7) is 3.62. The van der Waals surface area contributed by atoms with Crippen LogP contribution >= 0.6 is 0 Å². The van der Waals surface area contributed by atoms with Crippen LogP contribution in [0, 0.1) is 11.8 Å². The second-order valence-corrected chi connectivity index (χ2v) is 7.53. The van der Waals surface area contributed by atoms with Crippen molar-refractivity contribution in [3.8, 4) is 0 Å². The van der Waals surface area contributed by atoms with Crippen LogP contribution in [0.1, 0.15) is 36.2 Å². The van der Waals surface area contributed by atoms with Gasteiger partial charge in [0.15, 0.2) is 0 Å². The topological polar surface area (TPSA) is 65.1 Å². The Hall–Kier alpha value is -1.95. The highest BCUT2D eigenvalue weighted by atomic mass is 16.2. The second kappa shape index (κ2) is 5.55. The minimum absolute atomic E-state index is 0.0367. The summed E-state index contributed by atoms with van der Waals surface area (Å²) in [4.78, 5) is 28.9. The van der Waals surface area contributed by atoms with Crippen LogP contribution in [0.2, 0.25) is 0 Å². The fraction of sp³-hybridized carbons (Fsp3) is 0.611. The number of nitrogens with one attached hydrogen (secondary N) is 1. The molecule has 0 unspecified atom stereocenters. The quantitative estimate of drug-likeness (QED) is 0.916. The molecule has 3 heterocycles. The molecule has 3 aliphatic rings. The molecule has 2 aromatic rings. The number of carbonyl (C=O) groups excluding carboxylic acids is 1. The van der Waals surface area contributed by atoms with Crippen LogP contribution in [0.5, 0.6) is 0 Å². The van der Waals surface area contributed by atoms with Gasteiger partial charge < -0.3 is 9.88 Å². The SMILES string of the molecule is O=C(c1ncnc2[nH]ccc12)N1CCN([C@@H]2C[C@@H]3CC[C@H]2C3)CC1. The van der Waals surface area contributed by atoms with Gasteiger partial charge in [0.2, 0.25) is 0 Å². The van der Waals surface area contributed by atoms with E-state index in [4.69, 9.17) is 0 Å². The fourth-order valence-corrected chi connectivity index (χ4v) is 5.11. The van der Waals surface area contributed by atoms with Gasteiger partial charge in [-0.15, -0.1) is 0 Å². The van der Waals surface area contributed by atoms with Gasteiger partial charge in [0.1, 0.15) is 17.7 Å². The van der Waals surface area contributed by atoms with Crippen molar-refractivity contribution in [1.29, 1.82) is 0 Å². The average Bonchev–Trinajstić information content (AvgIpc) is 3.36. The van der Waals surface area contributed by atoms with Gasteiger partial charge in [-0.1, -0.05) is 6.42 Å². The number of aromatic nitrogens is 3. The van der Waals surface area contributed by atoms with E-state index in [1.807, 2.05) is 17.2 Å². The van der Waals surface area contributed by atoms with Crippen molar-refractivity contribution in [3.63, 3.8) is 0 Å². The molecule has 3 atom stereocenters. The molecule has 24 heavy (non-hydrogen) atoms. The Morgan fingerprint density at radius 3 is 2.75 bits per heavy atom. The summed E-state index contributed by atoms with van der Waals surface area (Å²) < 4.78 is 0. The largest absolute Gasteiger partial charge is 0.346 e. The molecule has 2 bridgehead atoms. The highest BCUT2D eigenvalue weighted by Crippen LogP contribution is 2.46. The normalized spacial score (nSPS) is 30.3. The first-order valence-corrected chi connectivity index (χ1v) is 9.11. The van der Waals surface area contributed by atoms with Crippen molar-refractivity contribution in [2.75, 3.05) is 26.2 Å². The van der Waals surface area contributed by atoms with Crippen LogP contribution in [0.4, 0.5) is 0 Å². The molecule has 1 aliphatic heterocycles. The number of amides is 1. The Bertz CT molecular complexity index is 764. The molecule has 6 nitrogen and oxygen atoms in total. The zero-order chi connectivity index (χ0) is 16.1.